The lowest BCUT2D eigenvalue weighted by Gasteiger charge is -2.19. The summed E-state index contributed by atoms with van der Waals surface area (Å²) >= 11 is 1.45. The molecule has 0 atom stereocenters. The third-order valence-corrected chi connectivity index (χ3v) is 5.39. The molecule has 7 nitrogen and oxygen atoms in total. The predicted molar refractivity (Wildman–Crippen MR) is 109 cm³/mol. The number of fused-ring (bicyclic) bond motifs is 1. The molecule has 0 fully saturated rings. The number of thiazole rings is 1. The first-order valence-corrected chi connectivity index (χ1v) is 9.70. The van der Waals surface area contributed by atoms with Crippen LogP contribution in [0.15, 0.2) is 54.9 Å². The van der Waals surface area contributed by atoms with Gasteiger partial charge in [0, 0.05) is 18.9 Å². The maximum absolute atomic E-state index is 13.4. The smallest absolute Gasteiger partial charge is 0.278 e. The summed E-state index contributed by atoms with van der Waals surface area (Å²) in [6, 6.07) is 13.1. The number of methoxy groups -OCH3 is 1. The van der Waals surface area contributed by atoms with E-state index in [9.17, 15) is 4.79 Å². The lowest BCUT2D eigenvalue weighted by Crippen LogP contribution is -2.32. The first kappa shape index (κ1) is 18.1. The molecule has 0 radical (unpaired) electrons. The van der Waals surface area contributed by atoms with Gasteiger partial charge in [0.05, 0.1) is 24.0 Å². The molecule has 0 bridgehead atoms. The zero-order valence-electron chi connectivity index (χ0n) is 15.6. The number of pyridine rings is 1. The van der Waals surface area contributed by atoms with Gasteiger partial charge in [-0.15, -0.1) is 0 Å². The maximum atomic E-state index is 13.4. The van der Waals surface area contributed by atoms with Crippen molar-refractivity contribution in [3.63, 3.8) is 0 Å². The molecule has 142 valence electrons. The van der Waals surface area contributed by atoms with Gasteiger partial charge >= 0.3 is 0 Å². The van der Waals surface area contributed by atoms with E-state index in [0.29, 0.717) is 29.7 Å². The largest absolute Gasteiger partial charge is 0.494 e. The molecule has 3 aromatic heterocycles. The number of ether oxygens (including phenoxy) is 1. The molecule has 4 aromatic rings. The van der Waals surface area contributed by atoms with Crippen molar-refractivity contribution in [3.8, 4) is 5.75 Å². The highest BCUT2D eigenvalue weighted by Crippen LogP contribution is 2.35. The van der Waals surface area contributed by atoms with Gasteiger partial charge in [0.1, 0.15) is 17.0 Å². The first-order chi connectivity index (χ1) is 13.7. The standard InChI is InChI=1S/C20H19N5O2S/c1-3-25-15(10-12-22-25)19(26)24(13-14-7-4-5-11-21-14)20-23-18-16(27-2)8-6-9-17(18)28-20/h4-12H,3,13H2,1-2H3. The molecule has 4 rings (SSSR count). The predicted octanol–water partition coefficient (Wildman–Crippen LogP) is 3.76. The minimum atomic E-state index is -0.164. The summed E-state index contributed by atoms with van der Waals surface area (Å²) in [5.74, 6) is 0.520. The quantitative estimate of drug-likeness (QED) is 0.499. The normalized spacial score (nSPS) is 10.9. The van der Waals surface area contributed by atoms with Gasteiger partial charge in [0.15, 0.2) is 5.13 Å². The van der Waals surface area contributed by atoms with Gasteiger partial charge < -0.3 is 4.74 Å². The van der Waals surface area contributed by atoms with E-state index in [2.05, 4.69) is 10.1 Å². The second-order valence-electron chi connectivity index (χ2n) is 6.05. The Hall–Kier alpha value is -3.26. The molecule has 8 heteroatoms. The Kier molecular flexibility index (Phi) is 5.03. The Labute approximate surface area is 166 Å². The van der Waals surface area contributed by atoms with E-state index in [-0.39, 0.29) is 5.91 Å². The molecule has 0 N–H and O–H groups in total. The number of rotatable bonds is 6. The highest BCUT2D eigenvalue weighted by atomic mass is 32.1. The van der Waals surface area contributed by atoms with E-state index in [1.54, 1.807) is 35.2 Å². The third-order valence-electron chi connectivity index (χ3n) is 4.35. The molecule has 0 spiro atoms. The van der Waals surface area contributed by atoms with E-state index in [1.165, 1.54) is 11.3 Å². The van der Waals surface area contributed by atoms with Gasteiger partial charge in [-0.1, -0.05) is 23.5 Å². The van der Waals surface area contributed by atoms with Crippen LogP contribution in [-0.4, -0.2) is 32.8 Å². The number of aryl methyl sites for hydroxylation is 1. The van der Waals surface area contributed by atoms with Gasteiger partial charge in [-0.2, -0.15) is 5.10 Å². The van der Waals surface area contributed by atoms with Crippen molar-refractivity contribution >= 4 is 32.6 Å². The van der Waals surface area contributed by atoms with Crippen molar-refractivity contribution in [1.29, 1.82) is 0 Å². The summed E-state index contributed by atoms with van der Waals surface area (Å²) < 4.78 is 8.06. The fraction of sp³-hybridized carbons (Fsp3) is 0.200. The number of benzene rings is 1. The van der Waals surface area contributed by atoms with Crippen LogP contribution < -0.4 is 9.64 Å². The second kappa shape index (κ2) is 7.77. The van der Waals surface area contributed by atoms with Crippen molar-refractivity contribution in [2.75, 3.05) is 12.0 Å². The highest BCUT2D eigenvalue weighted by Gasteiger charge is 2.25. The van der Waals surface area contributed by atoms with E-state index in [4.69, 9.17) is 9.72 Å². The number of amides is 1. The molecule has 0 aliphatic heterocycles. The molecular formula is C20H19N5O2S. The first-order valence-electron chi connectivity index (χ1n) is 8.88. The molecule has 1 aromatic carbocycles. The number of anilines is 1. The fourth-order valence-corrected chi connectivity index (χ4v) is 3.96. The average molecular weight is 393 g/mol. The van der Waals surface area contributed by atoms with E-state index < -0.39 is 0 Å². The summed E-state index contributed by atoms with van der Waals surface area (Å²) in [6.07, 6.45) is 3.35. The average Bonchev–Trinajstić information content (AvgIpc) is 3.38. The number of aromatic nitrogens is 4. The van der Waals surface area contributed by atoms with Gasteiger partial charge in [-0.3, -0.25) is 19.4 Å². The van der Waals surface area contributed by atoms with Crippen LogP contribution in [-0.2, 0) is 13.1 Å². The summed E-state index contributed by atoms with van der Waals surface area (Å²) in [6.45, 7) is 2.88. The molecule has 1 amide bonds. The molecule has 0 unspecified atom stereocenters. The molecule has 0 saturated heterocycles. The monoisotopic (exact) mass is 393 g/mol. The van der Waals surface area contributed by atoms with Crippen LogP contribution in [0.5, 0.6) is 5.75 Å². The van der Waals surface area contributed by atoms with E-state index in [1.807, 2.05) is 43.3 Å². The minimum absolute atomic E-state index is 0.164. The molecule has 0 aliphatic rings. The zero-order valence-corrected chi connectivity index (χ0v) is 16.4. The molecule has 0 saturated carbocycles. The lowest BCUT2D eigenvalue weighted by atomic mass is 10.3. The molecular weight excluding hydrogens is 374 g/mol. The Morgan fingerprint density at radius 1 is 1.18 bits per heavy atom. The van der Waals surface area contributed by atoms with Crippen molar-refractivity contribution in [1.82, 2.24) is 19.7 Å². The summed E-state index contributed by atoms with van der Waals surface area (Å²) in [5.41, 5.74) is 2.04. The topological polar surface area (TPSA) is 73.1 Å². The van der Waals surface area contributed by atoms with Crippen molar-refractivity contribution < 1.29 is 9.53 Å². The van der Waals surface area contributed by atoms with Gasteiger partial charge in [-0.25, -0.2) is 4.98 Å². The van der Waals surface area contributed by atoms with E-state index in [0.717, 1.165) is 15.9 Å². The van der Waals surface area contributed by atoms with Crippen molar-refractivity contribution in [3.05, 3.63) is 66.2 Å². The van der Waals surface area contributed by atoms with Crippen LogP contribution in [0.2, 0.25) is 0 Å². The maximum Gasteiger partial charge on any atom is 0.278 e. The van der Waals surface area contributed by atoms with Gasteiger partial charge in [0.2, 0.25) is 0 Å². The Morgan fingerprint density at radius 2 is 2.07 bits per heavy atom. The minimum Gasteiger partial charge on any atom is -0.494 e. The number of nitrogens with zero attached hydrogens (tertiary/aromatic N) is 5. The Bertz CT molecular complexity index is 1110. The second-order valence-corrected chi connectivity index (χ2v) is 7.06. The van der Waals surface area contributed by atoms with Crippen molar-refractivity contribution in [2.24, 2.45) is 0 Å². The highest BCUT2D eigenvalue weighted by molar-refractivity contribution is 7.22. The summed E-state index contributed by atoms with van der Waals surface area (Å²) in [7, 11) is 1.62. The number of para-hydroxylation sites is 1. The summed E-state index contributed by atoms with van der Waals surface area (Å²) in [5, 5.41) is 4.82. The van der Waals surface area contributed by atoms with Crippen LogP contribution in [0.1, 0.15) is 23.1 Å². The Morgan fingerprint density at radius 3 is 2.82 bits per heavy atom. The van der Waals surface area contributed by atoms with Crippen LogP contribution >= 0.6 is 11.3 Å². The molecule has 3 heterocycles. The number of carbonyl (C=O) groups is 1. The number of hydrogen-bond donors (Lipinski definition) is 0. The van der Waals surface area contributed by atoms with Crippen molar-refractivity contribution in [2.45, 2.75) is 20.0 Å². The van der Waals surface area contributed by atoms with Crippen LogP contribution in [0, 0.1) is 0 Å². The van der Waals surface area contributed by atoms with Crippen LogP contribution in [0.25, 0.3) is 10.2 Å². The third kappa shape index (κ3) is 3.34. The molecule has 0 aliphatic carbocycles. The van der Waals surface area contributed by atoms with Gasteiger partial charge in [0.25, 0.3) is 5.91 Å². The van der Waals surface area contributed by atoms with Gasteiger partial charge in [-0.05, 0) is 37.3 Å². The van der Waals surface area contributed by atoms with E-state index >= 15 is 0 Å². The SMILES string of the molecule is CCn1nccc1C(=O)N(Cc1ccccn1)c1nc2c(OC)cccc2s1. The fourth-order valence-electron chi connectivity index (χ4n) is 2.98. The number of carbonyl (C=O) groups excluding carboxylic acids is 1. The zero-order chi connectivity index (χ0) is 19.5. The molecule has 28 heavy (non-hydrogen) atoms. The Balaban J connectivity index is 1.80. The van der Waals surface area contributed by atoms with Crippen LogP contribution in [0.4, 0.5) is 5.13 Å². The van der Waals surface area contributed by atoms with Crippen LogP contribution in [0.3, 0.4) is 0 Å². The lowest BCUT2D eigenvalue weighted by molar-refractivity contribution is 0.0974. The summed E-state index contributed by atoms with van der Waals surface area (Å²) in [4.78, 5) is 24.1. The number of hydrogen-bond acceptors (Lipinski definition) is 6.